The molecule has 3 aliphatic rings. The molecule has 21 heavy (non-hydrogen) atoms. The minimum Gasteiger partial charge on any atom is -0.459 e. The molecular weight excluding hydrogens is 283 g/mol. The van der Waals surface area contributed by atoms with E-state index in [2.05, 4.69) is 0 Å². The first kappa shape index (κ1) is 14.0. The summed E-state index contributed by atoms with van der Waals surface area (Å²) in [5.41, 5.74) is -1.86. The molecular formula is C14H13FO6. The smallest absolute Gasteiger partial charge is 0.338 e. The molecule has 3 aliphatic heterocycles. The van der Waals surface area contributed by atoms with E-state index in [0.717, 1.165) is 6.92 Å². The maximum atomic E-state index is 14.5. The normalized spacial score (nSPS) is 35.7. The Bertz CT molecular complexity index is 582. The SMILES string of the molecule is C[C@]1(F)[C@H](O)O[C@@H]2COC(=O)c3ccc(cc3)C(=O)O[C@H]21. The van der Waals surface area contributed by atoms with E-state index in [4.69, 9.17) is 14.2 Å². The third-order valence-electron chi connectivity index (χ3n) is 3.65. The van der Waals surface area contributed by atoms with E-state index in [0.29, 0.717) is 0 Å². The van der Waals surface area contributed by atoms with Gasteiger partial charge >= 0.3 is 11.9 Å². The molecule has 6 nitrogen and oxygen atoms in total. The molecule has 1 aromatic rings. The average Bonchev–Trinajstić information content (AvgIpc) is 2.65. The van der Waals surface area contributed by atoms with Gasteiger partial charge in [-0.15, -0.1) is 0 Å². The fourth-order valence-electron chi connectivity index (χ4n) is 2.36. The van der Waals surface area contributed by atoms with Gasteiger partial charge in [0.25, 0.3) is 0 Å². The first-order chi connectivity index (χ1) is 9.89. The van der Waals surface area contributed by atoms with Crippen molar-refractivity contribution in [1.29, 1.82) is 0 Å². The molecule has 0 aromatic heterocycles. The van der Waals surface area contributed by atoms with Gasteiger partial charge in [0.15, 0.2) is 18.1 Å². The van der Waals surface area contributed by atoms with E-state index >= 15 is 0 Å². The second-order valence-electron chi connectivity index (χ2n) is 5.18. The predicted octanol–water partition coefficient (Wildman–Crippen LogP) is 0.828. The van der Waals surface area contributed by atoms with Crippen LogP contribution >= 0.6 is 0 Å². The van der Waals surface area contributed by atoms with Crippen molar-refractivity contribution in [3.05, 3.63) is 35.4 Å². The summed E-state index contributed by atoms with van der Waals surface area (Å²) in [5.74, 6) is -1.38. The molecule has 0 unspecified atom stereocenters. The summed E-state index contributed by atoms with van der Waals surface area (Å²) >= 11 is 0. The van der Waals surface area contributed by atoms with Crippen LogP contribution in [0.3, 0.4) is 0 Å². The monoisotopic (exact) mass is 296 g/mol. The molecule has 1 saturated heterocycles. The molecule has 0 radical (unpaired) electrons. The number of fused-ring (bicyclic) bond motifs is 5. The molecule has 2 bridgehead atoms. The Hall–Kier alpha value is -1.99. The van der Waals surface area contributed by atoms with Gasteiger partial charge in [0, 0.05) is 0 Å². The van der Waals surface area contributed by atoms with E-state index in [1.807, 2.05) is 0 Å². The van der Waals surface area contributed by atoms with Crippen LogP contribution in [0.25, 0.3) is 0 Å². The summed E-state index contributed by atoms with van der Waals surface area (Å²) in [6.45, 7) is 0.744. The highest BCUT2D eigenvalue weighted by Crippen LogP contribution is 2.36. The number of aliphatic hydroxyl groups excluding tert-OH is 1. The summed E-state index contributed by atoms with van der Waals surface area (Å²) in [4.78, 5) is 23.8. The zero-order chi connectivity index (χ0) is 15.2. The molecule has 0 aliphatic carbocycles. The Morgan fingerprint density at radius 1 is 1.19 bits per heavy atom. The molecule has 1 N–H and O–H groups in total. The first-order valence-electron chi connectivity index (χ1n) is 6.40. The lowest BCUT2D eigenvalue weighted by Crippen LogP contribution is -2.45. The van der Waals surface area contributed by atoms with Crippen molar-refractivity contribution in [2.24, 2.45) is 0 Å². The maximum absolute atomic E-state index is 14.5. The van der Waals surface area contributed by atoms with Gasteiger partial charge in [-0.3, -0.25) is 0 Å². The second kappa shape index (κ2) is 4.78. The van der Waals surface area contributed by atoms with Gasteiger partial charge in [-0.25, -0.2) is 14.0 Å². The number of carbonyl (C=O) groups is 2. The lowest BCUT2D eigenvalue weighted by Gasteiger charge is -2.25. The summed E-state index contributed by atoms with van der Waals surface area (Å²) < 4.78 is 29.6. The van der Waals surface area contributed by atoms with Crippen molar-refractivity contribution in [3.8, 4) is 0 Å². The summed E-state index contributed by atoms with van der Waals surface area (Å²) in [7, 11) is 0. The van der Waals surface area contributed by atoms with Crippen LogP contribution in [0.5, 0.6) is 0 Å². The van der Waals surface area contributed by atoms with E-state index < -0.39 is 36.1 Å². The van der Waals surface area contributed by atoms with E-state index in [1.165, 1.54) is 24.3 Å². The quantitative estimate of drug-likeness (QED) is 0.714. The minimum atomic E-state index is -2.29. The van der Waals surface area contributed by atoms with Crippen molar-refractivity contribution in [2.75, 3.05) is 6.61 Å². The number of ether oxygens (including phenoxy) is 3. The standard InChI is InChI=1S/C14H13FO6/c1-14(15)10-9(20-13(14)18)6-19-11(16)7-2-4-8(5-3-7)12(17)21-10/h2-5,9-10,13,18H,6H2,1H3/t9-,10-,13-,14-/m1/s1. The Labute approximate surface area is 119 Å². The van der Waals surface area contributed by atoms with Crippen molar-refractivity contribution in [1.82, 2.24) is 0 Å². The van der Waals surface area contributed by atoms with Crippen molar-refractivity contribution in [3.63, 3.8) is 0 Å². The highest BCUT2D eigenvalue weighted by atomic mass is 19.1. The number of hydrogen-bond donors (Lipinski definition) is 1. The topological polar surface area (TPSA) is 82.1 Å². The van der Waals surface area contributed by atoms with Crippen LogP contribution in [0.2, 0.25) is 0 Å². The molecule has 4 atom stereocenters. The highest BCUT2D eigenvalue weighted by Gasteiger charge is 2.57. The third kappa shape index (κ3) is 2.28. The van der Waals surface area contributed by atoms with E-state index in [1.54, 1.807) is 0 Å². The van der Waals surface area contributed by atoms with Crippen LogP contribution in [0.15, 0.2) is 24.3 Å². The van der Waals surface area contributed by atoms with Gasteiger partial charge in [-0.05, 0) is 31.2 Å². The van der Waals surface area contributed by atoms with Crippen LogP contribution in [0, 0.1) is 0 Å². The van der Waals surface area contributed by atoms with Crippen molar-refractivity contribution in [2.45, 2.75) is 31.1 Å². The predicted molar refractivity (Wildman–Crippen MR) is 66.3 cm³/mol. The second-order valence-corrected chi connectivity index (χ2v) is 5.18. The Morgan fingerprint density at radius 2 is 1.76 bits per heavy atom. The number of aliphatic hydroxyl groups is 1. The van der Waals surface area contributed by atoms with Gasteiger partial charge in [0.1, 0.15) is 12.7 Å². The molecule has 0 amide bonds. The number of benzene rings is 1. The maximum Gasteiger partial charge on any atom is 0.338 e. The number of rotatable bonds is 0. The van der Waals surface area contributed by atoms with Gasteiger partial charge in [-0.2, -0.15) is 0 Å². The van der Waals surface area contributed by atoms with Crippen LogP contribution < -0.4 is 0 Å². The zero-order valence-electron chi connectivity index (χ0n) is 11.1. The zero-order valence-corrected chi connectivity index (χ0v) is 11.1. The summed E-state index contributed by atoms with van der Waals surface area (Å²) in [6.07, 6.45) is -4.20. The van der Waals surface area contributed by atoms with Crippen LogP contribution in [-0.2, 0) is 14.2 Å². The molecule has 1 aromatic carbocycles. The first-order valence-corrected chi connectivity index (χ1v) is 6.40. The molecule has 1 fully saturated rings. The minimum absolute atomic E-state index is 0.171. The largest absolute Gasteiger partial charge is 0.459 e. The Balaban J connectivity index is 1.98. The van der Waals surface area contributed by atoms with Gasteiger partial charge < -0.3 is 19.3 Å². The molecule has 4 rings (SSSR count). The fourth-order valence-corrected chi connectivity index (χ4v) is 2.36. The molecule has 3 heterocycles. The van der Waals surface area contributed by atoms with Crippen LogP contribution in [0.4, 0.5) is 4.39 Å². The Morgan fingerprint density at radius 3 is 2.38 bits per heavy atom. The Kier molecular flexibility index (Phi) is 3.18. The third-order valence-corrected chi connectivity index (χ3v) is 3.65. The van der Waals surface area contributed by atoms with Crippen molar-refractivity contribution < 1.29 is 33.3 Å². The average molecular weight is 296 g/mol. The van der Waals surface area contributed by atoms with Crippen molar-refractivity contribution >= 4 is 11.9 Å². The van der Waals surface area contributed by atoms with E-state index in [9.17, 15) is 19.1 Å². The molecule has 0 spiro atoms. The number of alkyl halides is 1. The number of halogens is 1. The van der Waals surface area contributed by atoms with Gasteiger partial charge in [0.05, 0.1) is 11.1 Å². The number of esters is 2. The van der Waals surface area contributed by atoms with Gasteiger partial charge in [0.2, 0.25) is 0 Å². The molecule has 0 saturated carbocycles. The lowest BCUT2D eigenvalue weighted by atomic mass is 9.99. The lowest BCUT2D eigenvalue weighted by molar-refractivity contribution is -0.144. The van der Waals surface area contributed by atoms with Crippen LogP contribution in [0.1, 0.15) is 27.6 Å². The summed E-state index contributed by atoms with van der Waals surface area (Å²) in [6, 6.07) is 5.62. The summed E-state index contributed by atoms with van der Waals surface area (Å²) in [5, 5.41) is 9.58. The highest BCUT2D eigenvalue weighted by molar-refractivity contribution is 5.93. The van der Waals surface area contributed by atoms with E-state index in [-0.39, 0.29) is 17.7 Å². The fraction of sp³-hybridized carbons (Fsp3) is 0.429. The van der Waals surface area contributed by atoms with Gasteiger partial charge in [-0.1, -0.05) is 0 Å². The van der Waals surface area contributed by atoms with Crippen LogP contribution in [-0.4, -0.2) is 47.8 Å². The number of hydrogen-bond acceptors (Lipinski definition) is 6. The molecule has 112 valence electrons. The number of carbonyl (C=O) groups excluding carboxylic acids is 2. The molecule has 7 heteroatoms.